The Labute approximate surface area is 150 Å². The third-order valence-corrected chi connectivity index (χ3v) is 4.71. The average molecular weight is 354 g/mol. The highest BCUT2D eigenvalue weighted by Crippen LogP contribution is 2.29. The number of ether oxygens (including phenoxy) is 2. The van der Waals surface area contributed by atoms with Gasteiger partial charge in [0.1, 0.15) is 5.82 Å². The normalized spacial score (nSPS) is 13.5. The molecule has 0 aliphatic carbocycles. The molecule has 0 saturated carbocycles. The van der Waals surface area contributed by atoms with Crippen molar-refractivity contribution >= 4 is 16.8 Å². The van der Waals surface area contributed by atoms with Gasteiger partial charge in [-0.15, -0.1) is 0 Å². The molecule has 26 heavy (non-hydrogen) atoms. The van der Waals surface area contributed by atoms with Gasteiger partial charge in [-0.1, -0.05) is 12.1 Å². The lowest BCUT2D eigenvalue weighted by molar-refractivity contribution is -0.134. The highest BCUT2D eigenvalue weighted by molar-refractivity contribution is 5.86. The summed E-state index contributed by atoms with van der Waals surface area (Å²) in [5, 5.41) is 0.836. The molecule has 0 unspecified atom stereocenters. The number of methoxy groups -OCH3 is 1. The summed E-state index contributed by atoms with van der Waals surface area (Å²) in [6.07, 6.45) is 0.714. The van der Waals surface area contributed by atoms with Gasteiger partial charge < -0.3 is 19.4 Å². The van der Waals surface area contributed by atoms with Crippen molar-refractivity contribution in [3.8, 4) is 11.5 Å². The summed E-state index contributed by atoms with van der Waals surface area (Å²) in [7, 11) is 1.56. The molecule has 1 amide bonds. The number of benzene rings is 2. The summed E-state index contributed by atoms with van der Waals surface area (Å²) in [4.78, 5) is 17.7. The Morgan fingerprint density at radius 2 is 2.04 bits per heavy atom. The number of rotatable bonds is 4. The number of amides is 1. The molecular formula is C20H19FN2O3. The Kier molecular flexibility index (Phi) is 4.24. The van der Waals surface area contributed by atoms with Gasteiger partial charge in [0.15, 0.2) is 18.1 Å². The molecule has 6 heteroatoms. The number of aromatic nitrogens is 1. The van der Waals surface area contributed by atoms with E-state index >= 15 is 0 Å². The van der Waals surface area contributed by atoms with Crippen molar-refractivity contribution in [2.75, 3.05) is 20.3 Å². The van der Waals surface area contributed by atoms with E-state index in [9.17, 15) is 9.18 Å². The maximum Gasteiger partial charge on any atom is 0.260 e. The molecule has 0 atom stereocenters. The van der Waals surface area contributed by atoms with Crippen LogP contribution in [0.4, 0.5) is 4.39 Å². The third-order valence-electron chi connectivity index (χ3n) is 4.71. The van der Waals surface area contributed by atoms with E-state index in [-0.39, 0.29) is 18.3 Å². The first-order chi connectivity index (χ1) is 12.7. The summed E-state index contributed by atoms with van der Waals surface area (Å²) in [6, 6.07) is 11.9. The number of carbonyl (C=O) groups excluding carboxylic acids is 1. The van der Waals surface area contributed by atoms with E-state index in [4.69, 9.17) is 9.47 Å². The fourth-order valence-corrected chi connectivity index (χ4v) is 3.37. The van der Waals surface area contributed by atoms with Gasteiger partial charge >= 0.3 is 0 Å². The molecule has 1 N–H and O–H groups in total. The fraction of sp³-hybridized carbons (Fsp3) is 0.250. The number of nitrogens with one attached hydrogen (secondary N) is 1. The predicted octanol–water partition coefficient (Wildman–Crippen LogP) is 3.28. The summed E-state index contributed by atoms with van der Waals surface area (Å²) in [5.41, 5.74) is 2.95. The largest absolute Gasteiger partial charge is 0.493 e. The van der Waals surface area contributed by atoms with Gasteiger partial charge in [0.25, 0.3) is 5.91 Å². The fourth-order valence-electron chi connectivity index (χ4n) is 3.37. The van der Waals surface area contributed by atoms with Crippen LogP contribution in [0.15, 0.2) is 42.5 Å². The van der Waals surface area contributed by atoms with E-state index in [2.05, 4.69) is 4.98 Å². The van der Waals surface area contributed by atoms with Crippen LogP contribution in [-0.2, 0) is 17.8 Å². The Balaban J connectivity index is 1.49. The van der Waals surface area contributed by atoms with Gasteiger partial charge in [0.2, 0.25) is 0 Å². The van der Waals surface area contributed by atoms with Crippen LogP contribution >= 0.6 is 0 Å². The molecule has 1 aromatic heterocycles. The number of aromatic amines is 1. The van der Waals surface area contributed by atoms with Crippen LogP contribution in [0.2, 0.25) is 0 Å². The molecule has 1 aliphatic heterocycles. The van der Waals surface area contributed by atoms with Crippen molar-refractivity contribution in [3.05, 3.63) is 59.5 Å². The summed E-state index contributed by atoms with van der Waals surface area (Å²) < 4.78 is 24.5. The van der Waals surface area contributed by atoms with Crippen molar-refractivity contribution in [2.24, 2.45) is 0 Å². The first kappa shape index (κ1) is 16.4. The summed E-state index contributed by atoms with van der Waals surface area (Å²) in [5.74, 6) is 0.748. The number of hydrogen-bond acceptors (Lipinski definition) is 3. The maximum absolute atomic E-state index is 13.6. The predicted molar refractivity (Wildman–Crippen MR) is 95.9 cm³/mol. The monoisotopic (exact) mass is 354 g/mol. The molecule has 2 heterocycles. The number of hydrogen-bond donors (Lipinski definition) is 1. The van der Waals surface area contributed by atoms with E-state index in [0.717, 1.165) is 22.2 Å². The Bertz CT molecular complexity index is 967. The second-order valence-corrected chi connectivity index (χ2v) is 6.28. The number of fused-ring (bicyclic) bond motifs is 3. The minimum atomic E-state index is -0.276. The van der Waals surface area contributed by atoms with Crippen molar-refractivity contribution in [3.63, 3.8) is 0 Å². The Hall–Kier alpha value is -3.02. The van der Waals surface area contributed by atoms with E-state index in [0.29, 0.717) is 31.0 Å². The van der Waals surface area contributed by atoms with Gasteiger partial charge in [-0.2, -0.15) is 0 Å². The van der Waals surface area contributed by atoms with Gasteiger partial charge in [0.05, 0.1) is 7.11 Å². The van der Waals surface area contributed by atoms with Crippen LogP contribution in [0.25, 0.3) is 10.9 Å². The third kappa shape index (κ3) is 2.98. The molecular weight excluding hydrogens is 335 g/mol. The molecule has 0 saturated heterocycles. The first-order valence-electron chi connectivity index (χ1n) is 8.48. The topological polar surface area (TPSA) is 54.6 Å². The molecule has 1 aliphatic rings. The minimum Gasteiger partial charge on any atom is -0.493 e. The highest BCUT2D eigenvalue weighted by Gasteiger charge is 2.24. The summed E-state index contributed by atoms with van der Waals surface area (Å²) in [6.45, 7) is 0.996. The van der Waals surface area contributed by atoms with E-state index < -0.39 is 0 Å². The van der Waals surface area contributed by atoms with Gasteiger partial charge in [0, 0.05) is 41.7 Å². The van der Waals surface area contributed by atoms with Crippen LogP contribution in [0, 0.1) is 5.82 Å². The van der Waals surface area contributed by atoms with Crippen LogP contribution in [0.3, 0.4) is 0 Å². The second kappa shape index (κ2) is 6.71. The molecule has 134 valence electrons. The number of carbonyl (C=O) groups is 1. The lowest BCUT2D eigenvalue weighted by Crippen LogP contribution is -2.38. The molecule has 4 rings (SSSR count). The molecule has 0 spiro atoms. The molecule has 2 aromatic carbocycles. The van der Waals surface area contributed by atoms with Gasteiger partial charge in [-0.25, -0.2) is 4.39 Å². The van der Waals surface area contributed by atoms with Crippen LogP contribution in [0.5, 0.6) is 11.5 Å². The molecule has 0 bridgehead atoms. The van der Waals surface area contributed by atoms with Crippen molar-refractivity contribution < 1.29 is 18.7 Å². The van der Waals surface area contributed by atoms with Gasteiger partial charge in [-0.3, -0.25) is 4.79 Å². The minimum absolute atomic E-state index is 0.0631. The van der Waals surface area contributed by atoms with Crippen LogP contribution < -0.4 is 9.47 Å². The van der Waals surface area contributed by atoms with E-state index in [1.54, 1.807) is 30.2 Å². The van der Waals surface area contributed by atoms with E-state index in [1.165, 1.54) is 12.1 Å². The molecule has 0 radical (unpaired) electrons. The van der Waals surface area contributed by atoms with Crippen LogP contribution in [0.1, 0.15) is 11.3 Å². The van der Waals surface area contributed by atoms with Crippen molar-refractivity contribution in [1.29, 1.82) is 0 Å². The summed E-state index contributed by atoms with van der Waals surface area (Å²) >= 11 is 0. The van der Waals surface area contributed by atoms with Crippen LogP contribution in [-0.4, -0.2) is 36.1 Å². The molecule has 3 aromatic rings. The molecule has 5 nitrogen and oxygen atoms in total. The highest BCUT2D eigenvalue weighted by atomic mass is 19.1. The molecule has 0 fully saturated rings. The first-order valence-corrected chi connectivity index (χ1v) is 8.48. The SMILES string of the molecule is COc1ccccc1OCC(=O)N1CCc2[nH]c3ccc(F)cc3c2C1. The standard InChI is InChI=1S/C20H19FN2O3/c1-25-18-4-2-3-5-19(18)26-12-20(24)23-9-8-17-15(11-23)14-10-13(21)6-7-16(14)22-17/h2-7,10,22H,8-9,11-12H2,1H3. The Morgan fingerprint density at radius 3 is 2.85 bits per heavy atom. The number of H-pyrrole nitrogens is 1. The smallest absolute Gasteiger partial charge is 0.260 e. The second-order valence-electron chi connectivity index (χ2n) is 6.28. The lowest BCUT2D eigenvalue weighted by atomic mass is 10.0. The number of halogens is 1. The zero-order chi connectivity index (χ0) is 18.1. The van der Waals surface area contributed by atoms with Crippen molar-refractivity contribution in [1.82, 2.24) is 9.88 Å². The number of para-hydroxylation sites is 2. The maximum atomic E-state index is 13.6. The quantitative estimate of drug-likeness (QED) is 0.782. The zero-order valence-electron chi connectivity index (χ0n) is 14.4. The van der Waals surface area contributed by atoms with E-state index in [1.807, 2.05) is 12.1 Å². The van der Waals surface area contributed by atoms with Crippen molar-refractivity contribution in [2.45, 2.75) is 13.0 Å². The van der Waals surface area contributed by atoms with Gasteiger partial charge in [-0.05, 0) is 30.3 Å². The number of nitrogens with zero attached hydrogens (tertiary/aromatic N) is 1. The lowest BCUT2D eigenvalue weighted by Gasteiger charge is -2.27. The zero-order valence-corrected chi connectivity index (χ0v) is 14.4. The average Bonchev–Trinajstić information content (AvgIpc) is 3.03. The Morgan fingerprint density at radius 1 is 1.23 bits per heavy atom.